The quantitative estimate of drug-likeness (QED) is 0.869. The maximum absolute atomic E-state index is 11.9. The number of aryl methyl sites for hydroxylation is 1. The summed E-state index contributed by atoms with van der Waals surface area (Å²) in [5.74, 6) is 1.12. The summed E-state index contributed by atoms with van der Waals surface area (Å²) in [6.45, 7) is 4.51. The van der Waals surface area contributed by atoms with Crippen molar-refractivity contribution in [2.24, 2.45) is 18.7 Å². The molecule has 1 aromatic heterocycles. The highest BCUT2D eigenvalue weighted by atomic mass is 16.2. The summed E-state index contributed by atoms with van der Waals surface area (Å²) in [5.41, 5.74) is 7.85. The molecular formula is C15H22N4O. The molecule has 3 N–H and O–H groups in total. The molecule has 2 rings (SSSR count). The van der Waals surface area contributed by atoms with Gasteiger partial charge < -0.3 is 15.6 Å². The van der Waals surface area contributed by atoms with Crippen LogP contribution in [0.4, 0.5) is 0 Å². The van der Waals surface area contributed by atoms with Gasteiger partial charge in [-0.1, -0.05) is 26.0 Å². The van der Waals surface area contributed by atoms with E-state index in [1.54, 1.807) is 0 Å². The molecule has 1 amide bonds. The zero-order valence-electron chi connectivity index (χ0n) is 12.3. The van der Waals surface area contributed by atoms with Crippen LogP contribution in [-0.4, -0.2) is 21.5 Å². The van der Waals surface area contributed by atoms with E-state index in [4.69, 9.17) is 5.73 Å². The van der Waals surface area contributed by atoms with Crippen molar-refractivity contribution >= 4 is 16.9 Å². The highest BCUT2D eigenvalue weighted by Crippen LogP contribution is 2.14. The molecule has 5 heteroatoms. The van der Waals surface area contributed by atoms with Crippen LogP contribution in [0.25, 0.3) is 11.0 Å². The van der Waals surface area contributed by atoms with Gasteiger partial charge in [0.15, 0.2) is 0 Å². The van der Waals surface area contributed by atoms with E-state index in [2.05, 4.69) is 24.1 Å². The van der Waals surface area contributed by atoms with E-state index < -0.39 is 6.04 Å². The van der Waals surface area contributed by atoms with Crippen LogP contribution < -0.4 is 11.1 Å². The summed E-state index contributed by atoms with van der Waals surface area (Å²) < 4.78 is 1.99. The lowest BCUT2D eigenvalue weighted by atomic mass is 10.0. The van der Waals surface area contributed by atoms with E-state index in [0.717, 1.165) is 16.9 Å². The molecule has 2 aromatic rings. The van der Waals surface area contributed by atoms with Crippen LogP contribution in [-0.2, 0) is 18.4 Å². The van der Waals surface area contributed by atoms with Crippen molar-refractivity contribution in [3.63, 3.8) is 0 Å². The molecule has 0 radical (unpaired) electrons. The maximum atomic E-state index is 11.9. The van der Waals surface area contributed by atoms with Gasteiger partial charge in [0.2, 0.25) is 5.91 Å². The molecule has 108 valence electrons. The van der Waals surface area contributed by atoms with Crippen LogP contribution in [0.5, 0.6) is 0 Å². The number of hydrogen-bond acceptors (Lipinski definition) is 3. The van der Waals surface area contributed by atoms with Gasteiger partial charge >= 0.3 is 0 Å². The summed E-state index contributed by atoms with van der Waals surface area (Å²) in [6, 6.07) is 7.45. The van der Waals surface area contributed by atoms with Crippen LogP contribution in [0.15, 0.2) is 24.3 Å². The standard InChI is InChI=1S/C15H22N4O/c1-10(2)8-11(16)15(20)17-9-14-18-12-6-4-5-7-13(12)19(14)3/h4-7,10-11H,8-9,16H2,1-3H3,(H,17,20)/t11-/m0/s1. The number of hydrogen-bond donors (Lipinski definition) is 2. The fraction of sp³-hybridized carbons (Fsp3) is 0.467. The van der Waals surface area contributed by atoms with E-state index in [-0.39, 0.29) is 5.91 Å². The number of rotatable bonds is 5. The molecule has 1 heterocycles. The minimum Gasteiger partial charge on any atom is -0.348 e. The SMILES string of the molecule is CC(C)C[C@H](N)C(=O)NCc1nc2ccccc2n1C. The first kappa shape index (κ1) is 14.5. The number of nitrogens with one attached hydrogen (secondary N) is 1. The van der Waals surface area contributed by atoms with Gasteiger partial charge in [0.1, 0.15) is 5.82 Å². The van der Waals surface area contributed by atoms with E-state index >= 15 is 0 Å². The lowest BCUT2D eigenvalue weighted by molar-refractivity contribution is -0.122. The number of amides is 1. The number of benzene rings is 1. The fourth-order valence-electron chi connectivity index (χ4n) is 2.27. The number of para-hydroxylation sites is 2. The summed E-state index contributed by atoms with van der Waals surface area (Å²) in [4.78, 5) is 16.4. The molecule has 0 saturated heterocycles. The van der Waals surface area contributed by atoms with Crippen LogP contribution in [0.1, 0.15) is 26.1 Å². The topological polar surface area (TPSA) is 72.9 Å². The van der Waals surface area contributed by atoms with E-state index in [1.165, 1.54) is 0 Å². The monoisotopic (exact) mass is 274 g/mol. The Morgan fingerprint density at radius 3 is 2.75 bits per heavy atom. The number of imidazole rings is 1. The van der Waals surface area contributed by atoms with Gasteiger partial charge in [0.25, 0.3) is 0 Å². The molecule has 0 aliphatic carbocycles. The minimum atomic E-state index is -0.454. The minimum absolute atomic E-state index is 0.120. The molecule has 1 atom stereocenters. The van der Waals surface area contributed by atoms with Crippen LogP contribution in [0, 0.1) is 5.92 Å². The predicted octanol–water partition coefficient (Wildman–Crippen LogP) is 1.56. The first-order chi connectivity index (χ1) is 9.49. The second-order valence-corrected chi connectivity index (χ2v) is 5.53. The largest absolute Gasteiger partial charge is 0.348 e. The first-order valence-electron chi connectivity index (χ1n) is 6.92. The van der Waals surface area contributed by atoms with Crippen molar-refractivity contribution in [1.82, 2.24) is 14.9 Å². The Morgan fingerprint density at radius 1 is 1.40 bits per heavy atom. The average Bonchev–Trinajstić information content (AvgIpc) is 2.72. The third kappa shape index (κ3) is 3.17. The van der Waals surface area contributed by atoms with E-state index in [9.17, 15) is 4.79 Å². The van der Waals surface area contributed by atoms with Gasteiger partial charge in [-0.3, -0.25) is 4.79 Å². The Kier molecular flexibility index (Phi) is 4.39. The van der Waals surface area contributed by atoms with Gasteiger partial charge in [-0.2, -0.15) is 0 Å². The molecular weight excluding hydrogens is 252 g/mol. The van der Waals surface area contributed by atoms with E-state index in [1.807, 2.05) is 35.9 Å². The normalized spacial score (nSPS) is 12.8. The molecule has 0 unspecified atom stereocenters. The zero-order chi connectivity index (χ0) is 14.7. The molecule has 5 nitrogen and oxygen atoms in total. The molecule has 0 aliphatic rings. The maximum Gasteiger partial charge on any atom is 0.237 e. The van der Waals surface area contributed by atoms with Gasteiger partial charge in [0.05, 0.1) is 23.6 Å². The smallest absolute Gasteiger partial charge is 0.237 e. The zero-order valence-corrected chi connectivity index (χ0v) is 12.3. The summed E-state index contributed by atoms with van der Waals surface area (Å²) in [5, 5.41) is 2.86. The Hall–Kier alpha value is -1.88. The highest BCUT2D eigenvalue weighted by Gasteiger charge is 2.15. The number of aromatic nitrogens is 2. The number of nitrogens with zero attached hydrogens (tertiary/aromatic N) is 2. The molecule has 0 spiro atoms. The summed E-state index contributed by atoms with van der Waals surface area (Å²) in [6.07, 6.45) is 0.689. The van der Waals surface area contributed by atoms with Crippen molar-refractivity contribution in [2.75, 3.05) is 0 Å². The molecule has 0 bridgehead atoms. The Bertz CT molecular complexity index is 603. The third-order valence-electron chi connectivity index (χ3n) is 3.36. The lowest BCUT2D eigenvalue weighted by Crippen LogP contribution is -2.41. The molecule has 0 saturated carbocycles. The highest BCUT2D eigenvalue weighted by molar-refractivity contribution is 5.81. The van der Waals surface area contributed by atoms with Crippen molar-refractivity contribution in [2.45, 2.75) is 32.9 Å². The Morgan fingerprint density at radius 2 is 2.10 bits per heavy atom. The third-order valence-corrected chi connectivity index (χ3v) is 3.36. The predicted molar refractivity (Wildman–Crippen MR) is 80.0 cm³/mol. The van der Waals surface area contributed by atoms with Gasteiger partial charge in [-0.15, -0.1) is 0 Å². The number of carbonyl (C=O) groups is 1. The average molecular weight is 274 g/mol. The lowest BCUT2D eigenvalue weighted by Gasteiger charge is -2.14. The number of nitrogens with two attached hydrogens (primary N) is 1. The summed E-state index contributed by atoms with van der Waals surface area (Å²) >= 11 is 0. The van der Waals surface area contributed by atoms with Gasteiger partial charge in [0, 0.05) is 7.05 Å². The molecule has 0 fully saturated rings. The number of carbonyl (C=O) groups excluding carboxylic acids is 1. The van der Waals surface area contributed by atoms with Crippen molar-refractivity contribution in [3.8, 4) is 0 Å². The fourth-order valence-corrected chi connectivity index (χ4v) is 2.27. The Balaban J connectivity index is 2.02. The number of fused-ring (bicyclic) bond motifs is 1. The van der Waals surface area contributed by atoms with Gasteiger partial charge in [-0.25, -0.2) is 4.98 Å². The van der Waals surface area contributed by atoms with Crippen molar-refractivity contribution in [1.29, 1.82) is 0 Å². The van der Waals surface area contributed by atoms with Crippen LogP contribution in [0.3, 0.4) is 0 Å². The summed E-state index contributed by atoms with van der Waals surface area (Å²) in [7, 11) is 1.95. The van der Waals surface area contributed by atoms with Gasteiger partial charge in [-0.05, 0) is 24.5 Å². The van der Waals surface area contributed by atoms with E-state index in [0.29, 0.717) is 18.9 Å². The van der Waals surface area contributed by atoms with Crippen molar-refractivity contribution in [3.05, 3.63) is 30.1 Å². The second kappa shape index (κ2) is 6.05. The molecule has 0 aliphatic heterocycles. The molecule has 20 heavy (non-hydrogen) atoms. The molecule has 1 aromatic carbocycles. The Labute approximate surface area is 119 Å². The first-order valence-corrected chi connectivity index (χ1v) is 6.92. The second-order valence-electron chi connectivity index (χ2n) is 5.53. The van der Waals surface area contributed by atoms with Crippen molar-refractivity contribution < 1.29 is 4.79 Å². The van der Waals surface area contributed by atoms with Crippen LogP contribution in [0.2, 0.25) is 0 Å². The van der Waals surface area contributed by atoms with Crippen LogP contribution >= 0.6 is 0 Å².